The zero-order valence-corrected chi connectivity index (χ0v) is 11.4. The fourth-order valence-corrected chi connectivity index (χ4v) is 1.88. The molecule has 108 valence electrons. The van der Waals surface area contributed by atoms with Crippen LogP contribution in [-0.2, 0) is 6.54 Å². The van der Waals surface area contributed by atoms with Crippen molar-refractivity contribution < 1.29 is 19.8 Å². The van der Waals surface area contributed by atoms with Crippen molar-refractivity contribution in [2.75, 3.05) is 7.05 Å². The van der Waals surface area contributed by atoms with Crippen LogP contribution < -0.4 is 0 Å². The Hall–Kier alpha value is -2.89. The molecule has 0 radical (unpaired) electrons. The van der Waals surface area contributed by atoms with E-state index in [1.807, 2.05) is 0 Å². The van der Waals surface area contributed by atoms with Crippen LogP contribution in [0.3, 0.4) is 0 Å². The number of carboxylic acids is 1. The molecule has 0 fully saturated rings. The van der Waals surface area contributed by atoms with Crippen LogP contribution in [0.25, 0.3) is 0 Å². The third kappa shape index (κ3) is 3.36. The zero-order valence-electron chi connectivity index (χ0n) is 11.4. The van der Waals surface area contributed by atoms with Crippen molar-refractivity contribution in [2.45, 2.75) is 6.54 Å². The van der Waals surface area contributed by atoms with Crippen molar-refractivity contribution in [1.29, 1.82) is 0 Å². The van der Waals surface area contributed by atoms with Gasteiger partial charge in [0.2, 0.25) is 0 Å². The number of pyridine rings is 1. The molecule has 1 aromatic carbocycles. The highest BCUT2D eigenvalue weighted by Crippen LogP contribution is 2.13. The summed E-state index contributed by atoms with van der Waals surface area (Å²) in [5.41, 5.74) is 0.600. The lowest BCUT2D eigenvalue weighted by Gasteiger charge is -2.17. The zero-order chi connectivity index (χ0) is 15.4. The highest BCUT2D eigenvalue weighted by molar-refractivity contribution is 6.03. The van der Waals surface area contributed by atoms with E-state index in [1.165, 1.54) is 35.4 Å². The topological polar surface area (TPSA) is 90.7 Å². The molecule has 2 rings (SSSR count). The van der Waals surface area contributed by atoms with Gasteiger partial charge in [-0.15, -0.1) is 0 Å². The van der Waals surface area contributed by atoms with E-state index in [4.69, 9.17) is 5.11 Å². The number of amides is 1. The molecule has 0 spiro atoms. The number of carbonyl (C=O) groups excluding carboxylic acids is 1. The third-order valence-corrected chi connectivity index (χ3v) is 2.94. The van der Waals surface area contributed by atoms with Gasteiger partial charge in [0.05, 0.1) is 5.56 Å². The maximum atomic E-state index is 12.3. The molecule has 2 aromatic rings. The predicted octanol–water partition coefficient (Wildman–Crippen LogP) is 1.76. The fourth-order valence-electron chi connectivity index (χ4n) is 1.88. The van der Waals surface area contributed by atoms with E-state index in [2.05, 4.69) is 4.98 Å². The molecule has 1 amide bonds. The molecule has 0 aliphatic carbocycles. The smallest absolute Gasteiger partial charge is 0.338 e. The van der Waals surface area contributed by atoms with Crippen LogP contribution in [-0.4, -0.2) is 39.0 Å². The molecular weight excluding hydrogens is 272 g/mol. The van der Waals surface area contributed by atoms with Gasteiger partial charge in [0.1, 0.15) is 11.4 Å². The molecule has 2 N–H and O–H groups in total. The highest BCUT2D eigenvalue weighted by Gasteiger charge is 2.20. The van der Waals surface area contributed by atoms with E-state index < -0.39 is 11.9 Å². The monoisotopic (exact) mass is 286 g/mol. The van der Waals surface area contributed by atoms with Crippen molar-refractivity contribution in [3.63, 3.8) is 0 Å². The molecule has 21 heavy (non-hydrogen) atoms. The Morgan fingerprint density at radius 3 is 2.48 bits per heavy atom. The number of carboxylic acid groups (broad SMARTS) is 1. The largest absolute Gasteiger partial charge is 0.508 e. The van der Waals surface area contributed by atoms with Gasteiger partial charge >= 0.3 is 5.97 Å². The Kier molecular flexibility index (Phi) is 4.18. The summed E-state index contributed by atoms with van der Waals surface area (Å²) in [7, 11) is 1.56. The first-order chi connectivity index (χ1) is 9.99. The summed E-state index contributed by atoms with van der Waals surface area (Å²) in [5, 5.41) is 18.3. The minimum atomic E-state index is -1.19. The molecule has 1 aromatic heterocycles. The number of hydrogen-bond acceptors (Lipinski definition) is 4. The van der Waals surface area contributed by atoms with E-state index in [1.54, 1.807) is 19.2 Å². The Labute approximate surface area is 121 Å². The molecule has 6 heteroatoms. The third-order valence-electron chi connectivity index (χ3n) is 2.94. The van der Waals surface area contributed by atoms with Crippen LogP contribution in [0.4, 0.5) is 0 Å². The van der Waals surface area contributed by atoms with Crippen LogP contribution in [0.2, 0.25) is 0 Å². The van der Waals surface area contributed by atoms with Gasteiger partial charge in [-0.25, -0.2) is 4.79 Å². The molecule has 6 nitrogen and oxygen atoms in total. The number of aromatic nitrogens is 1. The van der Waals surface area contributed by atoms with Crippen LogP contribution in [0.5, 0.6) is 5.75 Å². The molecular formula is C15H14N2O4. The summed E-state index contributed by atoms with van der Waals surface area (Å²) in [6.07, 6.45) is 1.38. The maximum absolute atomic E-state index is 12.3. The molecule has 0 bridgehead atoms. The molecule has 1 heterocycles. The number of benzene rings is 1. The Bertz CT molecular complexity index is 668. The quantitative estimate of drug-likeness (QED) is 0.893. The van der Waals surface area contributed by atoms with E-state index in [9.17, 15) is 14.7 Å². The first-order valence-corrected chi connectivity index (χ1v) is 6.20. The van der Waals surface area contributed by atoms with Crippen LogP contribution in [0.1, 0.15) is 26.4 Å². The minimum Gasteiger partial charge on any atom is -0.508 e. The lowest BCUT2D eigenvalue weighted by Crippen LogP contribution is -2.28. The van der Waals surface area contributed by atoms with E-state index in [-0.39, 0.29) is 23.6 Å². The van der Waals surface area contributed by atoms with Gasteiger partial charge < -0.3 is 15.1 Å². The highest BCUT2D eigenvalue weighted by atomic mass is 16.4. The van der Waals surface area contributed by atoms with Gasteiger partial charge in [0, 0.05) is 19.8 Å². The average Bonchev–Trinajstić information content (AvgIpc) is 2.48. The second-order valence-corrected chi connectivity index (χ2v) is 4.53. The van der Waals surface area contributed by atoms with Gasteiger partial charge in [0.25, 0.3) is 5.91 Å². The van der Waals surface area contributed by atoms with Gasteiger partial charge in [-0.1, -0.05) is 12.1 Å². The average molecular weight is 286 g/mol. The van der Waals surface area contributed by atoms with Gasteiger partial charge in [0.15, 0.2) is 0 Å². The summed E-state index contributed by atoms with van der Waals surface area (Å²) in [4.78, 5) is 28.6. The summed E-state index contributed by atoms with van der Waals surface area (Å²) < 4.78 is 0. The number of phenols is 1. The SMILES string of the molecule is CN(Cc1ccc(O)cc1)C(=O)c1ncccc1C(=O)O. The minimum absolute atomic E-state index is 0.0914. The molecule has 0 atom stereocenters. The number of hydrogen-bond donors (Lipinski definition) is 2. The number of carbonyl (C=O) groups is 2. The summed E-state index contributed by atoms with van der Waals surface area (Å²) in [6.45, 7) is 0.286. The Morgan fingerprint density at radius 2 is 1.86 bits per heavy atom. The number of nitrogens with zero attached hydrogens (tertiary/aromatic N) is 2. The standard InChI is InChI=1S/C15H14N2O4/c1-17(9-10-4-6-11(18)7-5-10)14(19)13-12(15(20)21)3-2-8-16-13/h2-8,18H,9H2,1H3,(H,20,21). The number of aromatic hydroxyl groups is 1. The van der Waals surface area contributed by atoms with Gasteiger partial charge in [-0.05, 0) is 29.8 Å². The number of aromatic carboxylic acids is 1. The fraction of sp³-hybridized carbons (Fsp3) is 0.133. The lowest BCUT2D eigenvalue weighted by atomic mass is 10.1. The second-order valence-electron chi connectivity index (χ2n) is 4.53. The van der Waals surface area contributed by atoms with Crippen LogP contribution in [0, 0.1) is 0 Å². The summed E-state index contributed by atoms with van der Waals surface area (Å²) in [5.74, 6) is -1.52. The lowest BCUT2D eigenvalue weighted by molar-refractivity contribution is 0.0678. The van der Waals surface area contributed by atoms with Crippen LogP contribution >= 0.6 is 0 Å². The van der Waals surface area contributed by atoms with Crippen LogP contribution in [0.15, 0.2) is 42.6 Å². The Balaban J connectivity index is 2.20. The van der Waals surface area contributed by atoms with Crippen molar-refractivity contribution in [3.05, 3.63) is 59.4 Å². The van der Waals surface area contributed by atoms with Crippen molar-refractivity contribution in [1.82, 2.24) is 9.88 Å². The maximum Gasteiger partial charge on any atom is 0.338 e. The molecule has 0 saturated carbocycles. The normalized spacial score (nSPS) is 10.1. The summed E-state index contributed by atoms with van der Waals surface area (Å²) >= 11 is 0. The second kappa shape index (κ2) is 6.04. The van der Waals surface area contributed by atoms with Crippen molar-refractivity contribution in [3.8, 4) is 5.75 Å². The van der Waals surface area contributed by atoms with E-state index >= 15 is 0 Å². The first-order valence-electron chi connectivity index (χ1n) is 6.20. The molecule has 0 aliphatic rings. The number of rotatable bonds is 4. The van der Waals surface area contributed by atoms with Gasteiger partial charge in [-0.3, -0.25) is 9.78 Å². The van der Waals surface area contributed by atoms with E-state index in [0.717, 1.165) is 5.56 Å². The van der Waals surface area contributed by atoms with E-state index in [0.29, 0.717) is 0 Å². The van der Waals surface area contributed by atoms with Gasteiger partial charge in [-0.2, -0.15) is 0 Å². The molecule has 0 saturated heterocycles. The summed E-state index contributed by atoms with van der Waals surface area (Å²) in [6, 6.07) is 9.25. The predicted molar refractivity (Wildman–Crippen MR) is 75.1 cm³/mol. The molecule has 0 unspecified atom stereocenters. The molecule has 0 aliphatic heterocycles. The van der Waals surface area contributed by atoms with Crippen molar-refractivity contribution in [2.24, 2.45) is 0 Å². The Morgan fingerprint density at radius 1 is 1.19 bits per heavy atom. The van der Waals surface area contributed by atoms with Crippen molar-refractivity contribution >= 4 is 11.9 Å². The number of phenolic OH excluding ortho intramolecular Hbond substituents is 1. The first kappa shape index (κ1) is 14.5.